The van der Waals surface area contributed by atoms with Crippen molar-refractivity contribution in [1.29, 1.82) is 0 Å². The molecule has 0 aromatic carbocycles. The van der Waals surface area contributed by atoms with Gasteiger partial charge in [-0.1, -0.05) is 6.92 Å². The van der Waals surface area contributed by atoms with Gasteiger partial charge < -0.3 is 10.2 Å². The molecule has 0 bridgehead atoms. The van der Waals surface area contributed by atoms with E-state index in [9.17, 15) is 9.59 Å². The normalized spacial score (nSPS) is 31.9. The Morgan fingerprint density at radius 1 is 1.26 bits per heavy atom. The van der Waals surface area contributed by atoms with Crippen molar-refractivity contribution in [3.63, 3.8) is 0 Å². The van der Waals surface area contributed by atoms with Crippen LogP contribution in [-0.2, 0) is 9.59 Å². The first-order valence-corrected chi connectivity index (χ1v) is 7.57. The van der Waals surface area contributed by atoms with Gasteiger partial charge in [0.15, 0.2) is 0 Å². The van der Waals surface area contributed by atoms with Crippen molar-refractivity contribution >= 4 is 11.8 Å². The first kappa shape index (κ1) is 14.4. The highest BCUT2D eigenvalue weighted by molar-refractivity contribution is 5.89. The molecule has 1 atom stereocenters. The topological polar surface area (TPSA) is 49.4 Å². The predicted octanol–water partition coefficient (Wildman–Crippen LogP) is 1.94. The second-order valence-corrected chi connectivity index (χ2v) is 6.51. The van der Waals surface area contributed by atoms with E-state index in [2.05, 4.69) is 12.2 Å². The molecule has 1 heterocycles. The molecule has 4 heteroatoms. The smallest absolute Gasteiger partial charge is 0.225 e. The maximum absolute atomic E-state index is 12.2. The third-order valence-corrected chi connectivity index (χ3v) is 4.51. The van der Waals surface area contributed by atoms with Crippen LogP contribution in [0.2, 0.25) is 0 Å². The van der Waals surface area contributed by atoms with E-state index in [1.54, 1.807) is 0 Å². The zero-order valence-corrected chi connectivity index (χ0v) is 12.3. The molecular formula is C15H26N2O2. The Morgan fingerprint density at radius 3 is 2.42 bits per heavy atom. The molecule has 2 aliphatic rings. The quantitative estimate of drug-likeness (QED) is 0.848. The van der Waals surface area contributed by atoms with E-state index < -0.39 is 0 Å². The lowest BCUT2D eigenvalue weighted by Crippen LogP contribution is -2.42. The SMILES string of the molecule is CC1CCC(NC(=O)[C@H]2CC(=O)N(C(C)C)C2)CC1. The van der Waals surface area contributed by atoms with Gasteiger partial charge in [0.05, 0.1) is 5.92 Å². The van der Waals surface area contributed by atoms with Crippen LogP contribution in [-0.4, -0.2) is 35.3 Å². The summed E-state index contributed by atoms with van der Waals surface area (Å²) < 4.78 is 0. The summed E-state index contributed by atoms with van der Waals surface area (Å²) in [6, 6.07) is 0.521. The van der Waals surface area contributed by atoms with Crippen LogP contribution in [0.5, 0.6) is 0 Å². The molecule has 2 amide bonds. The molecule has 19 heavy (non-hydrogen) atoms. The van der Waals surface area contributed by atoms with Crippen LogP contribution in [0.25, 0.3) is 0 Å². The molecule has 0 aromatic rings. The maximum Gasteiger partial charge on any atom is 0.225 e. The number of hydrogen-bond acceptors (Lipinski definition) is 2. The van der Waals surface area contributed by atoms with Gasteiger partial charge in [0.2, 0.25) is 11.8 Å². The fraction of sp³-hybridized carbons (Fsp3) is 0.867. The number of hydrogen-bond donors (Lipinski definition) is 1. The summed E-state index contributed by atoms with van der Waals surface area (Å²) in [6.07, 6.45) is 4.95. The monoisotopic (exact) mass is 266 g/mol. The highest BCUT2D eigenvalue weighted by Crippen LogP contribution is 2.25. The van der Waals surface area contributed by atoms with Crippen molar-refractivity contribution in [1.82, 2.24) is 10.2 Å². The van der Waals surface area contributed by atoms with Crippen molar-refractivity contribution < 1.29 is 9.59 Å². The highest BCUT2D eigenvalue weighted by atomic mass is 16.2. The number of carbonyl (C=O) groups is 2. The van der Waals surface area contributed by atoms with E-state index in [0.29, 0.717) is 19.0 Å². The van der Waals surface area contributed by atoms with Crippen LogP contribution >= 0.6 is 0 Å². The molecule has 1 aliphatic carbocycles. The number of nitrogens with zero attached hydrogens (tertiary/aromatic N) is 1. The molecule has 2 rings (SSSR count). The summed E-state index contributed by atoms with van der Waals surface area (Å²) in [5.41, 5.74) is 0. The Bertz CT molecular complexity index is 346. The van der Waals surface area contributed by atoms with Gasteiger partial charge in [0.1, 0.15) is 0 Å². The Kier molecular flexibility index (Phi) is 4.48. The molecule has 1 N–H and O–H groups in total. The Morgan fingerprint density at radius 2 is 1.89 bits per heavy atom. The van der Waals surface area contributed by atoms with Gasteiger partial charge in [-0.3, -0.25) is 9.59 Å². The first-order valence-electron chi connectivity index (χ1n) is 7.57. The summed E-state index contributed by atoms with van der Waals surface area (Å²) in [5, 5.41) is 3.14. The summed E-state index contributed by atoms with van der Waals surface area (Å²) in [5.74, 6) is 0.843. The van der Waals surface area contributed by atoms with E-state index in [4.69, 9.17) is 0 Å². The molecule has 1 saturated heterocycles. The van der Waals surface area contributed by atoms with Gasteiger partial charge >= 0.3 is 0 Å². The van der Waals surface area contributed by atoms with Crippen LogP contribution in [0.1, 0.15) is 52.9 Å². The van der Waals surface area contributed by atoms with Crippen LogP contribution in [0.3, 0.4) is 0 Å². The summed E-state index contributed by atoms with van der Waals surface area (Å²) >= 11 is 0. The Labute approximate surface area is 115 Å². The van der Waals surface area contributed by atoms with E-state index in [0.717, 1.165) is 18.8 Å². The van der Waals surface area contributed by atoms with Crippen LogP contribution < -0.4 is 5.32 Å². The van der Waals surface area contributed by atoms with Crippen LogP contribution in [0, 0.1) is 11.8 Å². The molecule has 4 nitrogen and oxygen atoms in total. The van der Waals surface area contributed by atoms with Crippen molar-refractivity contribution in [3.8, 4) is 0 Å². The minimum atomic E-state index is -0.144. The summed E-state index contributed by atoms with van der Waals surface area (Å²) in [7, 11) is 0. The third kappa shape index (κ3) is 3.48. The molecule has 0 spiro atoms. The molecule has 1 aliphatic heterocycles. The summed E-state index contributed by atoms with van der Waals surface area (Å²) in [6.45, 7) is 6.86. The van der Waals surface area contributed by atoms with Crippen molar-refractivity contribution in [2.24, 2.45) is 11.8 Å². The number of likely N-dealkylation sites (tertiary alicyclic amines) is 1. The van der Waals surface area contributed by atoms with Crippen molar-refractivity contribution in [3.05, 3.63) is 0 Å². The standard InChI is InChI=1S/C15H26N2O2/c1-10(2)17-9-12(8-14(17)18)15(19)16-13-6-4-11(3)5-7-13/h10-13H,4-9H2,1-3H3,(H,16,19)/t11?,12-,13?/m0/s1. The number of carbonyl (C=O) groups excluding carboxylic acids is 2. The number of amides is 2. The molecule has 0 aromatic heterocycles. The second-order valence-electron chi connectivity index (χ2n) is 6.51. The zero-order valence-electron chi connectivity index (χ0n) is 12.3. The lowest BCUT2D eigenvalue weighted by molar-refractivity contribution is -0.130. The molecule has 0 radical (unpaired) electrons. The maximum atomic E-state index is 12.2. The Balaban J connectivity index is 1.83. The average Bonchev–Trinajstić information content (AvgIpc) is 2.74. The minimum Gasteiger partial charge on any atom is -0.353 e. The van der Waals surface area contributed by atoms with Gasteiger partial charge in [-0.05, 0) is 45.4 Å². The van der Waals surface area contributed by atoms with Gasteiger partial charge in [-0.25, -0.2) is 0 Å². The van der Waals surface area contributed by atoms with Gasteiger partial charge in [0.25, 0.3) is 0 Å². The predicted molar refractivity (Wildman–Crippen MR) is 74.5 cm³/mol. The average molecular weight is 266 g/mol. The molecule has 108 valence electrons. The van der Waals surface area contributed by atoms with Gasteiger partial charge in [-0.15, -0.1) is 0 Å². The van der Waals surface area contributed by atoms with E-state index in [1.807, 2.05) is 18.7 Å². The minimum absolute atomic E-state index is 0.0797. The van der Waals surface area contributed by atoms with E-state index in [-0.39, 0.29) is 23.8 Å². The Hall–Kier alpha value is -1.06. The lowest BCUT2D eigenvalue weighted by atomic mass is 9.87. The zero-order chi connectivity index (χ0) is 14.0. The van der Waals surface area contributed by atoms with E-state index in [1.165, 1.54) is 12.8 Å². The van der Waals surface area contributed by atoms with Gasteiger partial charge in [-0.2, -0.15) is 0 Å². The fourth-order valence-electron chi connectivity index (χ4n) is 3.13. The van der Waals surface area contributed by atoms with Crippen molar-refractivity contribution in [2.45, 2.75) is 65.0 Å². The largest absolute Gasteiger partial charge is 0.353 e. The summed E-state index contributed by atoms with van der Waals surface area (Å²) in [4.78, 5) is 25.8. The molecular weight excluding hydrogens is 240 g/mol. The molecule has 0 unspecified atom stereocenters. The van der Waals surface area contributed by atoms with Crippen molar-refractivity contribution in [2.75, 3.05) is 6.54 Å². The van der Waals surface area contributed by atoms with Gasteiger partial charge in [0, 0.05) is 25.0 Å². The fourth-order valence-corrected chi connectivity index (χ4v) is 3.13. The molecule has 2 fully saturated rings. The number of nitrogens with one attached hydrogen (secondary N) is 1. The highest BCUT2D eigenvalue weighted by Gasteiger charge is 2.36. The number of rotatable bonds is 3. The molecule has 1 saturated carbocycles. The third-order valence-electron chi connectivity index (χ3n) is 4.51. The van der Waals surface area contributed by atoms with E-state index >= 15 is 0 Å². The lowest BCUT2D eigenvalue weighted by Gasteiger charge is -2.28. The van der Waals surface area contributed by atoms with Crippen LogP contribution in [0.15, 0.2) is 0 Å². The van der Waals surface area contributed by atoms with Crippen LogP contribution in [0.4, 0.5) is 0 Å². The first-order chi connectivity index (χ1) is 8.97. The second kappa shape index (κ2) is 5.93.